The molecule has 0 spiro atoms. The van der Waals surface area contributed by atoms with Crippen LogP contribution in [-0.4, -0.2) is 16.5 Å². The number of nitrogens with two attached hydrogens (primary N) is 1. The van der Waals surface area contributed by atoms with Crippen LogP contribution in [0.4, 0.5) is 11.4 Å². The van der Waals surface area contributed by atoms with E-state index in [-0.39, 0.29) is 0 Å². The summed E-state index contributed by atoms with van der Waals surface area (Å²) in [5, 5.41) is 3.34. The predicted molar refractivity (Wildman–Crippen MR) is 71.0 cm³/mol. The van der Waals surface area contributed by atoms with Crippen molar-refractivity contribution in [2.45, 2.75) is 19.8 Å². The lowest BCUT2D eigenvalue weighted by atomic mass is 10.2. The Morgan fingerprint density at radius 1 is 1.41 bits per heavy atom. The number of hydrogen-bond acceptors (Lipinski definition) is 3. The topological polar surface area (TPSA) is 66.7 Å². The van der Waals surface area contributed by atoms with Crippen molar-refractivity contribution in [3.63, 3.8) is 0 Å². The van der Waals surface area contributed by atoms with Crippen molar-refractivity contribution >= 4 is 11.4 Å². The molecule has 4 N–H and O–H groups in total. The molecule has 0 aliphatic carbocycles. The van der Waals surface area contributed by atoms with E-state index in [1.165, 1.54) is 5.56 Å². The van der Waals surface area contributed by atoms with Gasteiger partial charge < -0.3 is 16.0 Å². The molecule has 4 heteroatoms. The summed E-state index contributed by atoms with van der Waals surface area (Å²) in [6, 6.07) is 6.07. The standard InChI is InChI=1S/C13H18N4/c1-10-4-5-12(11(14)9-10)15-6-2-3-13-16-7-8-17-13/h4-5,7-9,15H,2-3,6,14H2,1H3,(H,16,17). The summed E-state index contributed by atoms with van der Waals surface area (Å²) in [5.41, 5.74) is 8.92. The van der Waals surface area contributed by atoms with Gasteiger partial charge in [0.1, 0.15) is 5.82 Å². The maximum absolute atomic E-state index is 5.92. The summed E-state index contributed by atoms with van der Waals surface area (Å²) in [6.45, 7) is 2.94. The summed E-state index contributed by atoms with van der Waals surface area (Å²) >= 11 is 0. The lowest BCUT2D eigenvalue weighted by Gasteiger charge is -2.09. The third-order valence-corrected chi connectivity index (χ3v) is 2.67. The highest BCUT2D eigenvalue weighted by atomic mass is 14.9. The fraction of sp³-hybridized carbons (Fsp3) is 0.308. The normalized spacial score (nSPS) is 10.4. The summed E-state index contributed by atoms with van der Waals surface area (Å²) in [4.78, 5) is 7.27. The van der Waals surface area contributed by atoms with Gasteiger partial charge in [0.25, 0.3) is 0 Å². The van der Waals surface area contributed by atoms with Gasteiger partial charge in [-0.05, 0) is 31.0 Å². The molecule has 0 aliphatic heterocycles. The maximum atomic E-state index is 5.92. The number of aryl methyl sites for hydroxylation is 2. The van der Waals surface area contributed by atoms with Crippen LogP contribution < -0.4 is 11.1 Å². The molecule has 0 unspecified atom stereocenters. The van der Waals surface area contributed by atoms with E-state index in [1.807, 2.05) is 25.3 Å². The number of H-pyrrole nitrogens is 1. The van der Waals surface area contributed by atoms with Crippen molar-refractivity contribution in [1.29, 1.82) is 0 Å². The van der Waals surface area contributed by atoms with Gasteiger partial charge in [-0.2, -0.15) is 0 Å². The van der Waals surface area contributed by atoms with Crippen LogP contribution in [0.15, 0.2) is 30.6 Å². The second-order valence-corrected chi connectivity index (χ2v) is 4.16. The smallest absolute Gasteiger partial charge is 0.106 e. The summed E-state index contributed by atoms with van der Waals surface area (Å²) in [6.07, 6.45) is 5.61. The molecule has 1 aromatic heterocycles. The minimum absolute atomic E-state index is 0.808. The molecule has 1 aromatic carbocycles. The number of aromatic nitrogens is 2. The Morgan fingerprint density at radius 3 is 3.00 bits per heavy atom. The second kappa shape index (κ2) is 5.39. The minimum Gasteiger partial charge on any atom is -0.397 e. The van der Waals surface area contributed by atoms with Gasteiger partial charge in [0.15, 0.2) is 0 Å². The highest BCUT2D eigenvalue weighted by molar-refractivity contribution is 5.66. The SMILES string of the molecule is Cc1ccc(NCCCc2ncc[nH]2)c(N)c1. The van der Waals surface area contributed by atoms with E-state index < -0.39 is 0 Å². The molecule has 0 bridgehead atoms. The zero-order valence-corrected chi connectivity index (χ0v) is 10.0. The lowest BCUT2D eigenvalue weighted by molar-refractivity contribution is 0.816. The van der Waals surface area contributed by atoms with E-state index in [2.05, 4.69) is 21.4 Å². The van der Waals surface area contributed by atoms with E-state index in [0.717, 1.165) is 36.6 Å². The number of hydrogen-bond donors (Lipinski definition) is 3. The largest absolute Gasteiger partial charge is 0.397 e. The summed E-state index contributed by atoms with van der Waals surface area (Å²) in [7, 11) is 0. The number of imidazole rings is 1. The first-order valence-electron chi connectivity index (χ1n) is 5.84. The van der Waals surface area contributed by atoms with Crippen molar-refractivity contribution in [2.24, 2.45) is 0 Å². The Hall–Kier alpha value is -1.97. The molecule has 0 aliphatic rings. The van der Waals surface area contributed by atoms with Gasteiger partial charge in [-0.25, -0.2) is 4.98 Å². The Bertz CT molecular complexity index is 462. The van der Waals surface area contributed by atoms with Crippen molar-refractivity contribution in [3.05, 3.63) is 42.0 Å². The van der Waals surface area contributed by atoms with Gasteiger partial charge in [-0.3, -0.25) is 0 Å². The Kier molecular flexibility index (Phi) is 3.65. The van der Waals surface area contributed by atoms with Crippen LogP contribution in [0.1, 0.15) is 17.8 Å². The quantitative estimate of drug-likeness (QED) is 0.545. The highest BCUT2D eigenvalue weighted by Gasteiger charge is 1.99. The Labute approximate surface area is 101 Å². The number of nitrogens with zero attached hydrogens (tertiary/aromatic N) is 1. The fourth-order valence-corrected chi connectivity index (χ4v) is 1.76. The van der Waals surface area contributed by atoms with Gasteiger partial charge in [-0.1, -0.05) is 6.07 Å². The lowest BCUT2D eigenvalue weighted by Crippen LogP contribution is -2.05. The molecule has 0 saturated carbocycles. The van der Waals surface area contributed by atoms with E-state index in [9.17, 15) is 0 Å². The fourth-order valence-electron chi connectivity index (χ4n) is 1.76. The van der Waals surface area contributed by atoms with Gasteiger partial charge >= 0.3 is 0 Å². The number of anilines is 2. The first-order valence-corrected chi connectivity index (χ1v) is 5.84. The summed E-state index contributed by atoms with van der Waals surface area (Å²) < 4.78 is 0. The average Bonchev–Trinajstić information content (AvgIpc) is 2.79. The molecule has 2 rings (SSSR count). The Balaban J connectivity index is 1.78. The zero-order chi connectivity index (χ0) is 12.1. The first kappa shape index (κ1) is 11.5. The second-order valence-electron chi connectivity index (χ2n) is 4.16. The number of rotatable bonds is 5. The van der Waals surface area contributed by atoms with Crippen LogP contribution >= 0.6 is 0 Å². The molecular weight excluding hydrogens is 212 g/mol. The van der Waals surface area contributed by atoms with Gasteiger partial charge in [0.05, 0.1) is 11.4 Å². The molecule has 0 atom stereocenters. The zero-order valence-electron chi connectivity index (χ0n) is 10.0. The predicted octanol–water partition coefficient (Wildman–Crippen LogP) is 2.35. The van der Waals surface area contributed by atoms with Crippen LogP contribution in [0.5, 0.6) is 0 Å². The number of benzene rings is 1. The Morgan fingerprint density at radius 2 is 2.29 bits per heavy atom. The highest BCUT2D eigenvalue weighted by Crippen LogP contribution is 2.19. The van der Waals surface area contributed by atoms with Crippen LogP contribution in [-0.2, 0) is 6.42 Å². The number of aromatic amines is 1. The molecule has 17 heavy (non-hydrogen) atoms. The first-order chi connectivity index (χ1) is 8.25. The molecule has 0 amide bonds. The third kappa shape index (κ3) is 3.24. The van der Waals surface area contributed by atoms with E-state index in [0.29, 0.717) is 0 Å². The molecule has 1 heterocycles. The molecular formula is C13H18N4. The van der Waals surface area contributed by atoms with Gasteiger partial charge in [0, 0.05) is 25.4 Å². The molecule has 0 radical (unpaired) electrons. The van der Waals surface area contributed by atoms with E-state index in [4.69, 9.17) is 5.73 Å². The molecule has 90 valence electrons. The summed E-state index contributed by atoms with van der Waals surface area (Å²) in [5.74, 6) is 1.03. The molecule has 0 fully saturated rings. The number of nitrogen functional groups attached to an aromatic ring is 1. The van der Waals surface area contributed by atoms with E-state index >= 15 is 0 Å². The number of nitrogens with one attached hydrogen (secondary N) is 2. The molecule has 4 nitrogen and oxygen atoms in total. The molecule has 2 aromatic rings. The van der Waals surface area contributed by atoms with Crippen molar-refractivity contribution in [1.82, 2.24) is 9.97 Å². The van der Waals surface area contributed by atoms with Gasteiger partial charge in [0.2, 0.25) is 0 Å². The van der Waals surface area contributed by atoms with Crippen LogP contribution in [0, 0.1) is 6.92 Å². The van der Waals surface area contributed by atoms with Crippen molar-refractivity contribution < 1.29 is 0 Å². The van der Waals surface area contributed by atoms with E-state index in [1.54, 1.807) is 6.20 Å². The molecule has 0 saturated heterocycles. The van der Waals surface area contributed by atoms with Crippen LogP contribution in [0.25, 0.3) is 0 Å². The monoisotopic (exact) mass is 230 g/mol. The minimum atomic E-state index is 0.808. The van der Waals surface area contributed by atoms with Crippen LogP contribution in [0.3, 0.4) is 0 Å². The van der Waals surface area contributed by atoms with Crippen LogP contribution in [0.2, 0.25) is 0 Å². The van der Waals surface area contributed by atoms with Crippen molar-refractivity contribution in [2.75, 3.05) is 17.6 Å². The van der Waals surface area contributed by atoms with Gasteiger partial charge in [-0.15, -0.1) is 0 Å². The average molecular weight is 230 g/mol. The van der Waals surface area contributed by atoms with Crippen molar-refractivity contribution in [3.8, 4) is 0 Å². The maximum Gasteiger partial charge on any atom is 0.106 e. The third-order valence-electron chi connectivity index (χ3n) is 2.67.